The molecule has 16 heavy (non-hydrogen) atoms. The summed E-state index contributed by atoms with van der Waals surface area (Å²) in [5.74, 6) is -1.21. The molecule has 0 bridgehead atoms. The monoisotopic (exact) mass is 229 g/mol. The van der Waals surface area contributed by atoms with Crippen molar-refractivity contribution in [2.45, 2.75) is 32.4 Å². The van der Waals surface area contributed by atoms with E-state index in [1.807, 2.05) is 13.8 Å². The van der Waals surface area contributed by atoms with E-state index in [1.54, 1.807) is 0 Å². The fraction of sp³-hybridized carbons (Fsp3) is 0.500. The van der Waals surface area contributed by atoms with Crippen molar-refractivity contribution < 1.29 is 13.9 Å². The maximum atomic E-state index is 13.4. The first kappa shape index (κ1) is 13.1. The molecule has 0 aliphatic heterocycles. The van der Waals surface area contributed by atoms with E-state index in [2.05, 4.69) is 0 Å². The third-order valence-corrected chi connectivity index (χ3v) is 2.46. The van der Waals surface area contributed by atoms with Crippen LogP contribution >= 0.6 is 0 Å². The molecule has 0 heterocycles. The van der Waals surface area contributed by atoms with Gasteiger partial charge in [0.1, 0.15) is 11.6 Å². The van der Waals surface area contributed by atoms with Crippen molar-refractivity contribution in [2.75, 3.05) is 0 Å². The Hall–Kier alpha value is -1.00. The summed E-state index contributed by atoms with van der Waals surface area (Å²) >= 11 is 0. The number of rotatable bonds is 4. The van der Waals surface area contributed by atoms with Gasteiger partial charge in [-0.2, -0.15) is 0 Å². The maximum absolute atomic E-state index is 13.4. The highest BCUT2D eigenvalue weighted by molar-refractivity contribution is 5.23. The lowest BCUT2D eigenvalue weighted by atomic mass is 9.95. The average Bonchev–Trinajstić information content (AvgIpc) is 2.16. The summed E-state index contributed by atoms with van der Waals surface area (Å²) in [6.07, 6.45) is -0.527. The second-order valence-corrected chi connectivity index (χ2v) is 4.36. The predicted octanol–water partition coefficient (Wildman–Crippen LogP) is 2.37. The summed E-state index contributed by atoms with van der Waals surface area (Å²) < 4.78 is 26.7. The summed E-state index contributed by atoms with van der Waals surface area (Å²) in [5, 5.41) is 9.73. The topological polar surface area (TPSA) is 46.2 Å². The molecular weight excluding hydrogens is 212 g/mol. The van der Waals surface area contributed by atoms with Crippen molar-refractivity contribution >= 4 is 0 Å². The molecule has 2 nitrogen and oxygen atoms in total. The quantitative estimate of drug-likeness (QED) is 0.832. The molecule has 0 aromatic heterocycles. The number of halogens is 2. The highest BCUT2D eigenvalue weighted by Gasteiger charge is 2.23. The lowest BCUT2D eigenvalue weighted by molar-refractivity contribution is 0.118. The molecule has 0 fully saturated rings. The van der Waals surface area contributed by atoms with E-state index in [0.29, 0.717) is 6.42 Å². The molecule has 0 saturated carbocycles. The van der Waals surface area contributed by atoms with Crippen molar-refractivity contribution in [1.29, 1.82) is 0 Å². The molecule has 4 heteroatoms. The van der Waals surface area contributed by atoms with Crippen LogP contribution in [-0.2, 0) is 0 Å². The van der Waals surface area contributed by atoms with Gasteiger partial charge in [-0.25, -0.2) is 8.78 Å². The first-order chi connectivity index (χ1) is 7.43. The van der Waals surface area contributed by atoms with Crippen LogP contribution in [0.15, 0.2) is 18.2 Å². The second kappa shape index (κ2) is 5.37. The molecule has 0 aliphatic rings. The number of aliphatic hydroxyl groups excluding tert-OH is 1. The molecule has 2 atom stereocenters. The normalized spacial score (nSPS) is 15.2. The first-order valence-corrected chi connectivity index (χ1v) is 5.31. The molecule has 0 saturated heterocycles. The number of hydrogen-bond donors (Lipinski definition) is 2. The Balaban J connectivity index is 2.91. The molecule has 0 radical (unpaired) electrons. The van der Waals surface area contributed by atoms with Crippen molar-refractivity contribution in [3.05, 3.63) is 35.4 Å². The van der Waals surface area contributed by atoms with Gasteiger partial charge in [0.15, 0.2) is 0 Å². The zero-order valence-corrected chi connectivity index (χ0v) is 9.45. The van der Waals surface area contributed by atoms with Crippen LogP contribution in [-0.4, -0.2) is 11.2 Å². The molecule has 1 rings (SSSR count). The molecule has 0 aliphatic carbocycles. The number of aliphatic hydroxyl groups is 1. The first-order valence-electron chi connectivity index (χ1n) is 5.31. The number of hydrogen-bond acceptors (Lipinski definition) is 2. The summed E-state index contributed by atoms with van der Waals surface area (Å²) in [7, 11) is 0. The Morgan fingerprint density at radius 3 is 2.19 bits per heavy atom. The maximum Gasteiger partial charge on any atom is 0.131 e. The Morgan fingerprint density at radius 1 is 1.25 bits per heavy atom. The smallest absolute Gasteiger partial charge is 0.131 e. The molecular formula is C12H17F2NO. The lowest BCUT2D eigenvalue weighted by Crippen LogP contribution is -2.29. The number of benzene rings is 1. The van der Waals surface area contributed by atoms with Gasteiger partial charge in [0.05, 0.1) is 12.1 Å². The fourth-order valence-electron chi connectivity index (χ4n) is 1.65. The molecule has 1 aromatic carbocycles. The van der Waals surface area contributed by atoms with Gasteiger partial charge in [-0.1, -0.05) is 19.9 Å². The third-order valence-electron chi connectivity index (χ3n) is 2.46. The third kappa shape index (κ3) is 3.00. The molecule has 0 spiro atoms. The van der Waals surface area contributed by atoms with Gasteiger partial charge in [-0.05, 0) is 24.5 Å². The van der Waals surface area contributed by atoms with Gasteiger partial charge in [-0.3, -0.25) is 0 Å². The Labute approximate surface area is 94.1 Å². The van der Waals surface area contributed by atoms with Crippen LogP contribution in [0.2, 0.25) is 0 Å². The molecule has 0 unspecified atom stereocenters. The average molecular weight is 229 g/mol. The van der Waals surface area contributed by atoms with Gasteiger partial charge in [0.2, 0.25) is 0 Å². The minimum Gasteiger partial charge on any atom is -0.391 e. The van der Waals surface area contributed by atoms with E-state index < -0.39 is 23.8 Å². The van der Waals surface area contributed by atoms with Gasteiger partial charge in [-0.15, -0.1) is 0 Å². The molecule has 3 N–H and O–H groups in total. The van der Waals surface area contributed by atoms with E-state index in [9.17, 15) is 13.9 Å². The summed E-state index contributed by atoms with van der Waals surface area (Å²) in [4.78, 5) is 0. The van der Waals surface area contributed by atoms with Crippen LogP contribution in [0.25, 0.3) is 0 Å². The van der Waals surface area contributed by atoms with Gasteiger partial charge in [0, 0.05) is 5.56 Å². The largest absolute Gasteiger partial charge is 0.391 e. The van der Waals surface area contributed by atoms with Gasteiger partial charge in [0.25, 0.3) is 0 Å². The highest BCUT2D eigenvalue weighted by Crippen LogP contribution is 2.24. The second-order valence-electron chi connectivity index (χ2n) is 4.36. The minimum atomic E-state index is -1.02. The van der Waals surface area contributed by atoms with Crippen molar-refractivity contribution in [3.63, 3.8) is 0 Å². The van der Waals surface area contributed by atoms with Crippen molar-refractivity contribution in [1.82, 2.24) is 0 Å². The van der Waals surface area contributed by atoms with Crippen molar-refractivity contribution in [2.24, 2.45) is 11.7 Å². The van der Waals surface area contributed by atoms with Gasteiger partial charge < -0.3 is 10.8 Å². The molecule has 90 valence electrons. The zero-order chi connectivity index (χ0) is 12.3. The summed E-state index contributed by atoms with van der Waals surface area (Å²) in [5.41, 5.74) is 5.42. The van der Waals surface area contributed by atoms with E-state index in [-0.39, 0.29) is 11.5 Å². The van der Waals surface area contributed by atoms with Crippen LogP contribution < -0.4 is 5.73 Å². The molecule has 1 aromatic rings. The van der Waals surface area contributed by atoms with Gasteiger partial charge >= 0.3 is 0 Å². The fourth-order valence-corrected chi connectivity index (χ4v) is 1.65. The minimum absolute atomic E-state index is 0.218. The van der Waals surface area contributed by atoms with E-state index in [1.165, 1.54) is 6.07 Å². The van der Waals surface area contributed by atoms with Crippen molar-refractivity contribution in [3.8, 4) is 0 Å². The lowest BCUT2D eigenvalue weighted by Gasteiger charge is -2.21. The Morgan fingerprint density at radius 2 is 1.75 bits per heavy atom. The Kier molecular flexibility index (Phi) is 4.38. The van der Waals surface area contributed by atoms with E-state index in [4.69, 9.17) is 5.73 Å². The van der Waals surface area contributed by atoms with Crippen LogP contribution in [0.3, 0.4) is 0 Å². The standard InChI is InChI=1S/C12H17F2NO/c1-7(2)6-10(16)12(15)11-8(13)4-3-5-9(11)14/h3-5,7,10,12,16H,6,15H2,1-2H3/t10-,12-/m1/s1. The van der Waals surface area contributed by atoms with Crippen LogP contribution in [0.4, 0.5) is 8.78 Å². The van der Waals surface area contributed by atoms with Crippen LogP contribution in [0.1, 0.15) is 31.9 Å². The summed E-state index contributed by atoms with van der Waals surface area (Å²) in [6.45, 7) is 3.82. The number of nitrogens with two attached hydrogens (primary N) is 1. The zero-order valence-electron chi connectivity index (χ0n) is 9.45. The predicted molar refractivity (Wildman–Crippen MR) is 58.7 cm³/mol. The van der Waals surface area contributed by atoms with Crippen LogP contribution in [0.5, 0.6) is 0 Å². The van der Waals surface area contributed by atoms with E-state index in [0.717, 1.165) is 12.1 Å². The van der Waals surface area contributed by atoms with E-state index >= 15 is 0 Å². The highest BCUT2D eigenvalue weighted by atomic mass is 19.1. The Bertz CT molecular complexity index is 335. The molecule has 0 amide bonds. The van der Waals surface area contributed by atoms with Crippen LogP contribution in [0, 0.1) is 17.6 Å². The summed E-state index contributed by atoms with van der Waals surface area (Å²) in [6, 6.07) is 2.53. The SMILES string of the molecule is CC(C)C[C@@H](O)[C@@H](N)c1c(F)cccc1F.